The van der Waals surface area contributed by atoms with Gasteiger partial charge in [0.2, 0.25) is 5.91 Å². The monoisotopic (exact) mass is 200 g/mol. The molecule has 0 bridgehead atoms. The van der Waals surface area contributed by atoms with Crippen LogP contribution in [0.15, 0.2) is 17.5 Å². The first-order valence-electron chi connectivity index (χ1n) is 3.86. The number of hydrogen-bond acceptors (Lipinski definition) is 4. The molecule has 0 spiro atoms. The van der Waals surface area contributed by atoms with Crippen LogP contribution in [0.4, 0.5) is 0 Å². The Kier molecular flexibility index (Phi) is 3.41. The van der Waals surface area contributed by atoms with Gasteiger partial charge in [-0.1, -0.05) is 6.07 Å². The second-order valence-electron chi connectivity index (χ2n) is 2.79. The van der Waals surface area contributed by atoms with Crippen LogP contribution in [-0.2, 0) is 11.2 Å². The van der Waals surface area contributed by atoms with E-state index in [1.165, 1.54) is 11.3 Å². The Morgan fingerprint density at radius 2 is 2.38 bits per heavy atom. The summed E-state index contributed by atoms with van der Waals surface area (Å²) in [5.74, 6) is -0.774. The zero-order valence-corrected chi connectivity index (χ0v) is 7.83. The molecule has 4 nitrogen and oxygen atoms in total. The number of hydrogen-bond donors (Lipinski definition) is 3. The number of amides is 1. The van der Waals surface area contributed by atoms with Crippen LogP contribution in [0.2, 0.25) is 0 Å². The van der Waals surface area contributed by atoms with Crippen molar-refractivity contribution < 1.29 is 9.90 Å². The minimum atomic E-state index is -1.26. The SMILES string of the molecule is NC(=O)C(O)C(N)Cc1cccs1. The first kappa shape index (κ1) is 10.2. The second-order valence-corrected chi connectivity index (χ2v) is 3.83. The zero-order valence-electron chi connectivity index (χ0n) is 7.01. The van der Waals surface area contributed by atoms with Crippen LogP contribution in [0.25, 0.3) is 0 Å². The van der Waals surface area contributed by atoms with Crippen LogP contribution in [0, 0.1) is 0 Å². The normalized spacial score (nSPS) is 15.2. The molecule has 0 aliphatic heterocycles. The molecule has 1 aromatic heterocycles. The first-order chi connectivity index (χ1) is 6.11. The maximum Gasteiger partial charge on any atom is 0.247 e. The molecule has 0 aliphatic rings. The minimum absolute atomic E-state index is 0.474. The van der Waals surface area contributed by atoms with Crippen LogP contribution in [0.3, 0.4) is 0 Å². The molecular weight excluding hydrogens is 188 g/mol. The molecule has 2 atom stereocenters. The first-order valence-corrected chi connectivity index (χ1v) is 4.74. The number of aliphatic hydroxyl groups excluding tert-OH is 1. The predicted molar refractivity (Wildman–Crippen MR) is 51.2 cm³/mol. The predicted octanol–water partition coefficient (Wildman–Crippen LogP) is -0.536. The van der Waals surface area contributed by atoms with E-state index < -0.39 is 18.1 Å². The summed E-state index contributed by atoms with van der Waals surface area (Å²) in [6.07, 6.45) is -0.788. The summed E-state index contributed by atoms with van der Waals surface area (Å²) in [4.78, 5) is 11.6. The Bertz CT molecular complexity index is 274. The number of carbonyl (C=O) groups excluding carboxylic acids is 1. The van der Waals surface area contributed by atoms with E-state index >= 15 is 0 Å². The van der Waals surface area contributed by atoms with Crippen molar-refractivity contribution in [3.05, 3.63) is 22.4 Å². The van der Waals surface area contributed by atoms with Gasteiger partial charge in [0.25, 0.3) is 0 Å². The number of carbonyl (C=O) groups is 1. The Morgan fingerprint density at radius 1 is 1.69 bits per heavy atom. The van der Waals surface area contributed by atoms with Crippen LogP contribution in [0.5, 0.6) is 0 Å². The van der Waals surface area contributed by atoms with Gasteiger partial charge in [0.15, 0.2) is 0 Å². The molecule has 5 heteroatoms. The summed E-state index contributed by atoms with van der Waals surface area (Å²) in [5.41, 5.74) is 10.5. The van der Waals surface area contributed by atoms with Gasteiger partial charge in [0.05, 0.1) is 0 Å². The van der Waals surface area contributed by atoms with Gasteiger partial charge in [0.1, 0.15) is 6.10 Å². The maximum absolute atomic E-state index is 10.6. The molecule has 0 saturated carbocycles. The summed E-state index contributed by atoms with van der Waals surface area (Å²) in [6.45, 7) is 0. The van der Waals surface area contributed by atoms with Crippen molar-refractivity contribution >= 4 is 17.2 Å². The lowest BCUT2D eigenvalue weighted by Crippen LogP contribution is -2.45. The molecule has 72 valence electrons. The van der Waals surface area contributed by atoms with Crippen molar-refractivity contribution in [1.82, 2.24) is 0 Å². The van der Waals surface area contributed by atoms with Gasteiger partial charge in [-0.2, -0.15) is 0 Å². The van der Waals surface area contributed by atoms with Gasteiger partial charge in [-0.25, -0.2) is 0 Å². The van der Waals surface area contributed by atoms with Crippen LogP contribution < -0.4 is 11.5 Å². The van der Waals surface area contributed by atoms with Gasteiger partial charge in [0, 0.05) is 10.9 Å². The highest BCUT2D eigenvalue weighted by molar-refractivity contribution is 7.09. The minimum Gasteiger partial charge on any atom is -0.382 e. The third kappa shape index (κ3) is 2.80. The molecule has 1 rings (SSSR count). The quantitative estimate of drug-likeness (QED) is 0.610. The fraction of sp³-hybridized carbons (Fsp3) is 0.375. The van der Waals surface area contributed by atoms with Crippen LogP contribution in [-0.4, -0.2) is 23.2 Å². The second kappa shape index (κ2) is 4.36. The number of nitrogens with two attached hydrogens (primary N) is 2. The van der Waals surface area contributed by atoms with E-state index in [-0.39, 0.29) is 0 Å². The lowest BCUT2D eigenvalue weighted by molar-refractivity contribution is -0.126. The standard InChI is InChI=1S/C8H12N2O2S/c9-6(7(11)8(10)12)4-5-2-1-3-13-5/h1-3,6-7,11H,4,9H2,(H2,10,12). The fourth-order valence-electron chi connectivity index (χ4n) is 0.984. The van der Waals surface area contributed by atoms with Crippen LogP contribution >= 0.6 is 11.3 Å². The smallest absolute Gasteiger partial charge is 0.247 e. The molecule has 0 saturated heterocycles. The average molecular weight is 200 g/mol. The van der Waals surface area contributed by atoms with Crippen molar-refractivity contribution in [2.24, 2.45) is 11.5 Å². The van der Waals surface area contributed by atoms with E-state index in [1.54, 1.807) is 0 Å². The molecular formula is C8H12N2O2S. The van der Waals surface area contributed by atoms with E-state index in [0.717, 1.165) is 4.88 Å². The highest BCUT2D eigenvalue weighted by atomic mass is 32.1. The highest BCUT2D eigenvalue weighted by Crippen LogP contribution is 2.11. The van der Waals surface area contributed by atoms with E-state index in [0.29, 0.717) is 6.42 Å². The number of primary amides is 1. The third-order valence-electron chi connectivity index (χ3n) is 1.71. The van der Waals surface area contributed by atoms with Crippen molar-refractivity contribution in [2.45, 2.75) is 18.6 Å². The number of rotatable bonds is 4. The molecule has 2 unspecified atom stereocenters. The van der Waals surface area contributed by atoms with Crippen molar-refractivity contribution in [3.63, 3.8) is 0 Å². The summed E-state index contributed by atoms with van der Waals surface area (Å²) in [6, 6.07) is 3.18. The average Bonchev–Trinajstić information content (AvgIpc) is 2.55. The Balaban J connectivity index is 2.50. The van der Waals surface area contributed by atoms with E-state index in [1.807, 2.05) is 17.5 Å². The fourth-order valence-corrected chi connectivity index (χ4v) is 1.76. The Morgan fingerprint density at radius 3 is 2.85 bits per heavy atom. The van der Waals surface area contributed by atoms with E-state index in [4.69, 9.17) is 11.5 Å². The maximum atomic E-state index is 10.6. The van der Waals surface area contributed by atoms with Crippen molar-refractivity contribution in [2.75, 3.05) is 0 Å². The lowest BCUT2D eigenvalue weighted by atomic mass is 10.1. The largest absolute Gasteiger partial charge is 0.382 e. The number of aliphatic hydroxyl groups is 1. The molecule has 1 heterocycles. The molecule has 5 N–H and O–H groups in total. The Labute approximate surface area is 80.2 Å². The third-order valence-corrected chi connectivity index (χ3v) is 2.61. The summed E-state index contributed by atoms with van der Waals surface area (Å²) in [7, 11) is 0. The zero-order chi connectivity index (χ0) is 9.84. The van der Waals surface area contributed by atoms with Gasteiger partial charge in [-0.15, -0.1) is 11.3 Å². The molecule has 0 aromatic carbocycles. The van der Waals surface area contributed by atoms with E-state index in [2.05, 4.69) is 0 Å². The molecule has 0 aliphatic carbocycles. The summed E-state index contributed by atoms with van der Waals surface area (Å²) < 4.78 is 0. The summed E-state index contributed by atoms with van der Waals surface area (Å²) >= 11 is 1.54. The molecule has 0 radical (unpaired) electrons. The van der Waals surface area contributed by atoms with Gasteiger partial charge < -0.3 is 16.6 Å². The van der Waals surface area contributed by atoms with Crippen LogP contribution in [0.1, 0.15) is 4.88 Å². The molecule has 0 fully saturated rings. The van der Waals surface area contributed by atoms with Crippen molar-refractivity contribution in [3.8, 4) is 0 Å². The van der Waals surface area contributed by atoms with E-state index in [9.17, 15) is 9.90 Å². The van der Waals surface area contributed by atoms with Gasteiger partial charge >= 0.3 is 0 Å². The molecule has 1 aromatic rings. The molecule has 13 heavy (non-hydrogen) atoms. The summed E-state index contributed by atoms with van der Waals surface area (Å²) in [5, 5.41) is 11.1. The van der Waals surface area contributed by atoms with Gasteiger partial charge in [-0.3, -0.25) is 4.79 Å². The van der Waals surface area contributed by atoms with Gasteiger partial charge in [-0.05, 0) is 17.9 Å². The molecule has 1 amide bonds. The van der Waals surface area contributed by atoms with Crippen molar-refractivity contribution in [1.29, 1.82) is 0 Å². The lowest BCUT2D eigenvalue weighted by Gasteiger charge is -2.14. The Hall–Kier alpha value is -0.910. The highest BCUT2D eigenvalue weighted by Gasteiger charge is 2.20. The topological polar surface area (TPSA) is 89.3 Å². The number of thiophene rings is 1.